The third-order valence-corrected chi connectivity index (χ3v) is 18.1. The molecule has 1 saturated carbocycles. The molecule has 2 aliphatic carbocycles. The summed E-state index contributed by atoms with van der Waals surface area (Å²) in [6.07, 6.45) is 8.45. The van der Waals surface area contributed by atoms with Gasteiger partial charge in [-0.25, -0.2) is 0 Å². The van der Waals surface area contributed by atoms with Crippen molar-refractivity contribution >= 4 is 42.2 Å². The first-order chi connectivity index (χ1) is 28.4. The summed E-state index contributed by atoms with van der Waals surface area (Å²) in [6.45, 7) is 10.2. The number of benzene rings is 3. The maximum Gasteiger partial charge on any atom is 0.261 e. The Morgan fingerprint density at radius 3 is 2.07 bits per heavy atom. The normalized spacial score (nSPS) is 21.2. The van der Waals surface area contributed by atoms with Gasteiger partial charge in [-0.3, -0.25) is 19.5 Å². The second-order valence-corrected chi connectivity index (χ2v) is 22.2. The first kappa shape index (κ1) is 42.5. The van der Waals surface area contributed by atoms with Gasteiger partial charge in [0.2, 0.25) is 11.8 Å². The molecule has 2 heterocycles. The summed E-state index contributed by atoms with van der Waals surface area (Å²) >= 11 is 0. The Morgan fingerprint density at radius 2 is 1.51 bits per heavy atom. The van der Waals surface area contributed by atoms with Gasteiger partial charge < -0.3 is 19.7 Å². The molecule has 3 aromatic carbocycles. The standard InChI is InChI=1S/C50H60N2O6Si/c1-33-27-35(28-34(2)47(33)55)29-36(43-23-15-16-26-51-43)24-25-44(54)45-37(30-41-46(42(45)31-53)49(57)52(48(41)56)38-17-9-6-10-18-38)32-58-59(50(3,4)5,39-19-11-7-12-20-39)40-21-13-8-14-22-40/h7-8,11-16,19-23,26-29,38,41-42,44,46,53-55H,6,9-10,17-18,24-25,30-32H2,1-5H3/b36-29-/t41-,42+,44-,46-/m1/s1. The molecule has 0 spiro atoms. The van der Waals surface area contributed by atoms with E-state index in [9.17, 15) is 24.9 Å². The van der Waals surface area contributed by atoms with Crippen molar-refractivity contribution in [3.63, 3.8) is 0 Å². The predicted octanol–water partition coefficient (Wildman–Crippen LogP) is 7.91. The number of hydrogen-bond acceptors (Lipinski definition) is 7. The van der Waals surface area contributed by atoms with E-state index < -0.39 is 32.2 Å². The van der Waals surface area contributed by atoms with Crippen LogP contribution in [0, 0.1) is 31.6 Å². The van der Waals surface area contributed by atoms with E-state index in [1.165, 1.54) is 4.90 Å². The molecular formula is C50H60N2O6Si. The van der Waals surface area contributed by atoms with Crippen LogP contribution < -0.4 is 10.4 Å². The maximum atomic E-state index is 14.5. The smallest absolute Gasteiger partial charge is 0.261 e. The van der Waals surface area contributed by atoms with Crippen molar-refractivity contribution < 1.29 is 29.3 Å². The Hall–Kier alpha value is -4.67. The van der Waals surface area contributed by atoms with E-state index in [2.05, 4.69) is 56.1 Å². The minimum Gasteiger partial charge on any atom is -0.507 e. The first-order valence-corrected chi connectivity index (χ1v) is 23.3. The summed E-state index contributed by atoms with van der Waals surface area (Å²) in [5.74, 6) is -2.21. The van der Waals surface area contributed by atoms with Crippen LogP contribution in [0.15, 0.2) is 108 Å². The number of imide groups is 1. The number of carbonyl (C=O) groups is 2. The molecule has 1 aromatic heterocycles. The molecule has 3 aliphatic rings. The van der Waals surface area contributed by atoms with Gasteiger partial charge in [-0.2, -0.15) is 0 Å². The third kappa shape index (κ3) is 8.40. The topological polar surface area (TPSA) is 120 Å². The summed E-state index contributed by atoms with van der Waals surface area (Å²) in [6, 6.07) is 30.3. The van der Waals surface area contributed by atoms with Crippen molar-refractivity contribution in [1.29, 1.82) is 0 Å². The Kier molecular flexibility index (Phi) is 12.9. The highest BCUT2D eigenvalue weighted by Crippen LogP contribution is 2.48. The van der Waals surface area contributed by atoms with Crippen LogP contribution in [0.3, 0.4) is 0 Å². The fourth-order valence-corrected chi connectivity index (χ4v) is 14.9. The van der Waals surface area contributed by atoms with Gasteiger partial charge in [0.1, 0.15) is 5.75 Å². The number of aromatic hydroxyl groups is 1. The summed E-state index contributed by atoms with van der Waals surface area (Å²) < 4.78 is 7.48. The lowest BCUT2D eigenvalue weighted by atomic mass is 9.68. The summed E-state index contributed by atoms with van der Waals surface area (Å²) in [7, 11) is -3.05. The molecule has 2 fully saturated rings. The highest BCUT2D eigenvalue weighted by Gasteiger charge is 2.57. The van der Waals surface area contributed by atoms with Crippen LogP contribution in [0.2, 0.25) is 5.04 Å². The van der Waals surface area contributed by atoms with E-state index in [0.717, 1.165) is 76.0 Å². The van der Waals surface area contributed by atoms with Gasteiger partial charge in [0.25, 0.3) is 8.32 Å². The van der Waals surface area contributed by atoms with Crippen molar-refractivity contribution in [2.24, 2.45) is 17.8 Å². The molecule has 2 amide bonds. The number of nitrogens with zero attached hydrogens (tertiary/aromatic N) is 2. The number of aliphatic hydroxyl groups excluding tert-OH is 2. The molecule has 9 heteroatoms. The van der Waals surface area contributed by atoms with E-state index in [-0.39, 0.29) is 48.3 Å². The Morgan fingerprint density at radius 1 is 0.898 bits per heavy atom. The van der Waals surface area contributed by atoms with E-state index >= 15 is 0 Å². The zero-order chi connectivity index (χ0) is 41.9. The van der Waals surface area contributed by atoms with E-state index in [1.54, 1.807) is 6.20 Å². The van der Waals surface area contributed by atoms with Crippen molar-refractivity contribution in [3.05, 3.63) is 131 Å². The van der Waals surface area contributed by atoms with Crippen molar-refractivity contribution in [1.82, 2.24) is 9.88 Å². The number of amides is 2. The van der Waals surface area contributed by atoms with Crippen LogP contribution >= 0.6 is 0 Å². The second-order valence-electron chi connectivity index (χ2n) is 17.9. The second kappa shape index (κ2) is 17.9. The lowest BCUT2D eigenvalue weighted by molar-refractivity contribution is -0.143. The Labute approximate surface area is 350 Å². The van der Waals surface area contributed by atoms with Crippen molar-refractivity contribution in [3.8, 4) is 5.75 Å². The van der Waals surface area contributed by atoms with Crippen molar-refractivity contribution in [2.75, 3.05) is 13.2 Å². The average Bonchev–Trinajstić information content (AvgIpc) is 3.49. The van der Waals surface area contributed by atoms with Gasteiger partial charge in [-0.05, 0) is 125 Å². The number of hydrogen-bond donors (Lipinski definition) is 3. The molecule has 0 bridgehead atoms. The fourth-order valence-electron chi connectivity index (χ4n) is 10.3. The van der Waals surface area contributed by atoms with Crippen LogP contribution in [-0.2, 0) is 14.0 Å². The van der Waals surface area contributed by atoms with Gasteiger partial charge in [-0.15, -0.1) is 0 Å². The van der Waals surface area contributed by atoms with Gasteiger partial charge in [0.05, 0.1) is 36.8 Å². The number of likely N-dealkylation sites (tertiary alicyclic amines) is 1. The number of aromatic nitrogens is 1. The number of aliphatic hydroxyl groups is 2. The highest BCUT2D eigenvalue weighted by molar-refractivity contribution is 6.99. The molecule has 4 atom stereocenters. The molecule has 4 aromatic rings. The number of phenols is 1. The number of aryl methyl sites for hydroxylation is 2. The van der Waals surface area contributed by atoms with E-state index in [1.807, 2.05) is 80.6 Å². The SMILES string of the molecule is Cc1cc(/C=C(/CC[C@@H](O)C2=C(CO[Si](c3ccccc3)(c3ccccc3)C(C)(C)C)C[C@H]3C(=O)N(C4CCCCC4)C(=O)[C@H]3[C@H]2CO)c2ccccn2)cc(C)c1O. The number of pyridine rings is 1. The Bertz CT molecular complexity index is 2110. The summed E-state index contributed by atoms with van der Waals surface area (Å²) in [5.41, 5.74) is 5.55. The van der Waals surface area contributed by atoms with Gasteiger partial charge in [0.15, 0.2) is 0 Å². The lowest BCUT2D eigenvalue weighted by Crippen LogP contribution is -2.66. The van der Waals surface area contributed by atoms with E-state index in [0.29, 0.717) is 18.4 Å². The molecule has 3 N–H and O–H groups in total. The molecule has 0 radical (unpaired) electrons. The minimum absolute atomic E-state index is 0.128. The molecule has 0 unspecified atom stereocenters. The summed E-state index contributed by atoms with van der Waals surface area (Å²) in [4.78, 5) is 35.1. The molecule has 310 valence electrons. The monoisotopic (exact) mass is 812 g/mol. The number of carbonyl (C=O) groups excluding carboxylic acids is 2. The van der Waals surface area contributed by atoms with Crippen LogP contribution in [-0.4, -0.2) is 70.7 Å². The number of fused-ring (bicyclic) bond motifs is 1. The predicted molar refractivity (Wildman–Crippen MR) is 236 cm³/mol. The molecule has 7 rings (SSSR count). The number of phenolic OH excluding ortho intramolecular Hbond substituents is 1. The summed E-state index contributed by atoms with van der Waals surface area (Å²) in [5, 5.41) is 36.3. The largest absolute Gasteiger partial charge is 0.507 e. The molecule has 1 aliphatic heterocycles. The van der Waals surface area contributed by atoms with Crippen LogP contribution in [0.25, 0.3) is 11.6 Å². The van der Waals surface area contributed by atoms with Crippen LogP contribution in [0.4, 0.5) is 0 Å². The molecule has 59 heavy (non-hydrogen) atoms. The van der Waals surface area contributed by atoms with Gasteiger partial charge >= 0.3 is 0 Å². The third-order valence-electron chi connectivity index (χ3n) is 13.1. The zero-order valence-corrected chi connectivity index (χ0v) is 36.2. The first-order valence-electron chi connectivity index (χ1n) is 21.4. The van der Waals surface area contributed by atoms with Gasteiger partial charge in [0, 0.05) is 18.2 Å². The molecule has 8 nitrogen and oxygen atoms in total. The Balaban J connectivity index is 1.30. The zero-order valence-electron chi connectivity index (χ0n) is 35.2. The highest BCUT2D eigenvalue weighted by atomic mass is 28.4. The van der Waals surface area contributed by atoms with Crippen LogP contribution in [0.1, 0.15) is 94.5 Å². The minimum atomic E-state index is -3.05. The quantitative estimate of drug-likeness (QED) is 0.0714. The average molecular weight is 813 g/mol. The van der Waals surface area contributed by atoms with Crippen molar-refractivity contribution in [2.45, 2.75) is 103 Å². The fraction of sp³-hybridized carbons (Fsp3) is 0.420. The number of rotatable bonds is 13. The molecule has 1 saturated heterocycles. The van der Waals surface area contributed by atoms with Crippen LogP contribution in [0.5, 0.6) is 5.75 Å². The van der Waals surface area contributed by atoms with E-state index in [4.69, 9.17) is 4.43 Å². The number of allylic oxidation sites excluding steroid dienone is 1. The molecular weight excluding hydrogens is 753 g/mol. The lowest BCUT2D eigenvalue weighted by Gasteiger charge is -2.44. The van der Waals surface area contributed by atoms with Gasteiger partial charge in [-0.1, -0.05) is 107 Å². The maximum absolute atomic E-state index is 14.5.